The van der Waals surface area contributed by atoms with E-state index in [-0.39, 0.29) is 11.8 Å². The topological polar surface area (TPSA) is 62.5 Å². The van der Waals surface area contributed by atoms with E-state index in [1.807, 2.05) is 30.7 Å². The lowest BCUT2D eigenvalue weighted by Crippen LogP contribution is -2.43. The molecule has 0 radical (unpaired) electrons. The van der Waals surface area contributed by atoms with Gasteiger partial charge in [0.15, 0.2) is 0 Å². The molecule has 0 aromatic carbocycles. The number of aryl methyl sites for hydroxylation is 1. The molecule has 1 aliphatic rings. The van der Waals surface area contributed by atoms with Crippen molar-refractivity contribution in [3.8, 4) is 0 Å². The van der Waals surface area contributed by atoms with Crippen LogP contribution in [0.25, 0.3) is 0 Å². The Hall–Kier alpha value is -1.78. The van der Waals surface area contributed by atoms with Crippen molar-refractivity contribution in [1.82, 2.24) is 9.47 Å². The Kier molecular flexibility index (Phi) is 3.41. The predicted octanol–water partition coefficient (Wildman–Crippen LogP) is 1.44. The van der Waals surface area contributed by atoms with Gasteiger partial charge in [-0.05, 0) is 31.4 Å². The summed E-state index contributed by atoms with van der Waals surface area (Å²) in [4.78, 5) is 25.1. The summed E-state index contributed by atoms with van der Waals surface area (Å²) in [5, 5.41) is 9.23. The van der Waals surface area contributed by atoms with Crippen LogP contribution in [0.15, 0.2) is 18.3 Å². The normalized spacial score (nSPS) is 23.3. The maximum absolute atomic E-state index is 12.4. The predicted molar refractivity (Wildman–Crippen MR) is 66.3 cm³/mol. The quantitative estimate of drug-likeness (QED) is 0.883. The van der Waals surface area contributed by atoms with Crippen molar-refractivity contribution in [2.45, 2.75) is 32.9 Å². The van der Waals surface area contributed by atoms with E-state index in [2.05, 4.69) is 0 Å². The van der Waals surface area contributed by atoms with E-state index in [4.69, 9.17) is 0 Å². The molecule has 1 aromatic rings. The van der Waals surface area contributed by atoms with Gasteiger partial charge < -0.3 is 14.6 Å². The first-order valence-corrected chi connectivity index (χ1v) is 6.25. The first-order valence-electron chi connectivity index (χ1n) is 6.25. The Balaban J connectivity index is 2.26. The van der Waals surface area contributed by atoms with E-state index in [1.54, 1.807) is 6.07 Å². The number of amides is 1. The van der Waals surface area contributed by atoms with Crippen molar-refractivity contribution in [2.24, 2.45) is 5.92 Å². The van der Waals surface area contributed by atoms with Crippen molar-refractivity contribution in [1.29, 1.82) is 0 Å². The largest absolute Gasteiger partial charge is 0.480 e. The fraction of sp³-hybridized carbons (Fsp3) is 0.538. The molecule has 5 nitrogen and oxygen atoms in total. The minimum Gasteiger partial charge on any atom is -0.480 e. The molecule has 1 amide bonds. The summed E-state index contributed by atoms with van der Waals surface area (Å²) in [7, 11) is 0. The van der Waals surface area contributed by atoms with Gasteiger partial charge in [-0.1, -0.05) is 6.92 Å². The molecule has 0 bridgehead atoms. The molecule has 0 saturated carbocycles. The second-order valence-electron chi connectivity index (χ2n) is 4.73. The van der Waals surface area contributed by atoms with Gasteiger partial charge >= 0.3 is 5.97 Å². The number of nitrogens with zero attached hydrogens (tertiary/aromatic N) is 2. The second kappa shape index (κ2) is 4.84. The van der Waals surface area contributed by atoms with Crippen LogP contribution in [0, 0.1) is 5.92 Å². The van der Waals surface area contributed by atoms with Crippen molar-refractivity contribution in [3.05, 3.63) is 24.0 Å². The highest BCUT2D eigenvalue weighted by molar-refractivity contribution is 5.95. The molecule has 1 saturated heterocycles. The van der Waals surface area contributed by atoms with Gasteiger partial charge in [-0.15, -0.1) is 0 Å². The standard InChI is InChI=1S/C13H18N2O3/c1-3-14-7-4-5-10(14)12(16)15-8-6-9(2)11(15)13(17)18/h4-5,7,9,11H,3,6,8H2,1-2H3,(H,17,18). The number of hydrogen-bond acceptors (Lipinski definition) is 2. The summed E-state index contributed by atoms with van der Waals surface area (Å²) < 4.78 is 1.84. The maximum Gasteiger partial charge on any atom is 0.326 e. The Labute approximate surface area is 106 Å². The lowest BCUT2D eigenvalue weighted by Gasteiger charge is -2.23. The zero-order chi connectivity index (χ0) is 13.3. The van der Waals surface area contributed by atoms with E-state index >= 15 is 0 Å². The van der Waals surface area contributed by atoms with Gasteiger partial charge in [0.1, 0.15) is 11.7 Å². The summed E-state index contributed by atoms with van der Waals surface area (Å²) in [5.41, 5.74) is 0.567. The van der Waals surface area contributed by atoms with Gasteiger partial charge in [0.25, 0.3) is 5.91 Å². The molecule has 2 heterocycles. The Morgan fingerprint density at radius 1 is 1.50 bits per heavy atom. The highest BCUT2D eigenvalue weighted by Crippen LogP contribution is 2.26. The summed E-state index contributed by atoms with van der Waals surface area (Å²) >= 11 is 0. The molecule has 2 rings (SSSR count). The first-order chi connectivity index (χ1) is 8.56. The Morgan fingerprint density at radius 2 is 2.22 bits per heavy atom. The third-order valence-corrected chi connectivity index (χ3v) is 3.60. The van der Waals surface area contributed by atoms with Crippen LogP contribution in [0.3, 0.4) is 0 Å². The van der Waals surface area contributed by atoms with Crippen LogP contribution >= 0.6 is 0 Å². The molecule has 1 N–H and O–H groups in total. The molecule has 1 aliphatic heterocycles. The molecule has 1 aromatic heterocycles. The third kappa shape index (κ3) is 2.00. The molecular formula is C13H18N2O3. The minimum atomic E-state index is -0.914. The minimum absolute atomic E-state index is 0.0106. The van der Waals surface area contributed by atoms with Gasteiger partial charge in [0, 0.05) is 19.3 Å². The monoisotopic (exact) mass is 250 g/mol. The molecule has 98 valence electrons. The molecule has 5 heteroatoms. The summed E-state index contributed by atoms with van der Waals surface area (Å²) in [5.74, 6) is -1.09. The molecule has 0 aliphatic carbocycles. The number of hydrogen-bond donors (Lipinski definition) is 1. The lowest BCUT2D eigenvalue weighted by atomic mass is 10.0. The van der Waals surface area contributed by atoms with Crippen molar-refractivity contribution < 1.29 is 14.7 Å². The van der Waals surface area contributed by atoms with Crippen molar-refractivity contribution >= 4 is 11.9 Å². The van der Waals surface area contributed by atoms with Gasteiger partial charge in [-0.2, -0.15) is 0 Å². The van der Waals surface area contributed by atoms with Crippen LogP contribution in [0.5, 0.6) is 0 Å². The van der Waals surface area contributed by atoms with Gasteiger partial charge in [-0.25, -0.2) is 4.79 Å². The summed E-state index contributed by atoms with van der Waals surface area (Å²) in [6.45, 7) is 5.06. The van der Waals surface area contributed by atoms with E-state index < -0.39 is 12.0 Å². The van der Waals surface area contributed by atoms with E-state index in [1.165, 1.54) is 4.90 Å². The zero-order valence-electron chi connectivity index (χ0n) is 10.7. The summed E-state index contributed by atoms with van der Waals surface area (Å²) in [6, 6.07) is 2.86. The van der Waals surface area contributed by atoms with Crippen LogP contribution < -0.4 is 0 Å². The van der Waals surface area contributed by atoms with Gasteiger partial charge in [-0.3, -0.25) is 4.79 Å². The third-order valence-electron chi connectivity index (χ3n) is 3.60. The number of aromatic nitrogens is 1. The number of carbonyl (C=O) groups excluding carboxylic acids is 1. The Bertz CT molecular complexity index is 467. The van der Waals surface area contributed by atoms with Crippen LogP contribution in [-0.2, 0) is 11.3 Å². The number of rotatable bonds is 3. The average molecular weight is 250 g/mol. The molecule has 1 fully saturated rings. The van der Waals surface area contributed by atoms with Crippen LogP contribution in [-0.4, -0.2) is 39.0 Å². The maximum atomic E-state index is 12.4. The number of carboxylic acids is 1. The SMILES string of the molecule is CCn1cccc1C(=O)N1CCC(C)C1C(=O)O. The van der Waals surface area contributed by atoms with Crippen molar-refractivity contribution in [3.63, 3.8) is 0 Å². The molecule has 0 spiro atoms. The average Bonchev–Trinajstić information content (AvgIpc) is 2.93. The van der Waals surface area contributed by atoms with Crippen LogP contribution in [0.4, 0.5) is 0 Å². The molecule has 2 unspecified atom stereocenters. The number of carbonyl (C=O) groups is 2. The highest BCUT2D eigenvalue weighted by atomic mass is 16.4. The smallest absolute Gasteiger partial charge is 0.326 e. The summed E-state index contributed by atoms with van der Waals surface area (Å²) in [6.07, 6.45) is 2.58. The van der Waals surface area contributed by atoms with Crippen LogP contribution in [0.2, 0.25) is 0 Å². The van der Waals surface area contributed by atoms with Gasteiger partial charge in [0.2, 0.25) is 0 Å². The number of aliphatic carboxylic acids is 1. The number of likely N-dealkylation sites (tertiary alicyclic amines) is 1. The first kappa shape index (κ1) is 12.7. The molecule has 2 atom stereocenters. The highest BCUT2D eigenvalue weighted by Gasteiger charge is 2.40. The fourth-order valence-corrected chi connectivity index (χ4v) is 2.58. The fourth-order valence-electron chi connectivity index (χ4n) is 2.58. The molecular weight excluding hydrogens is 232 g/mol. The lowest BCUT2D eigenvalue weighted by molar-refractivity contribution is -0.142. The zero-order valence-corrected chi connectivity index (χ0v) is 10.7. The van der Waals surface area contributed by atoms with E-state index in [0.29, 0.717) is 18.8 Å². The van der Waals surface area contributed by atoms with Crippen LogP contribution in [0.1, 0.15) is 30.8 Å². The number of carboxylic acid groups (broad SMARTS) is 1. The second-order valence-corrected chi connectivity index (χ2v) is 4.73. The van der Waals surface area contributed by atoms with E-state index in [9.17, 15) is 14.7 Å². The van der Waals surface area contributed by atoms with E-state index in [0.717, 1.165) is 6.42 Å². The Morgan fingerprint density at radius 3 is 2.83 bits per heavy atom. The molecule has 18 heavy (non-hydrogen) atoms. The van der Waals surface area contributed by atoms with Gasteiger partial charge in [0.05, 0.1) is 0 Å². The van der Waals surface area contributed by atoms with Crippen molar-refractivity contribution in [2.75, 3.05) is 6.54 Å².